The first kappa shape index (κ1) is 24.6. The molecule has 10 nitrogen and oxygen atoms in total. The minimum Gasteiger partial charge on any atom is -0.378 e. The highest BCUT2D eigenvalue weighted by molar-refractivity contribution is 5.95. The van der Waals surface area contributed by atoms with E-state index in [2.05, 4.69) is 20.5 Å². The Morgan fingerprint density at radius 3 is 2.57 bits per heavy atom. The van der Waals surface area contributed by atoms with Crippen LogP contribution < -0.4 is 15.5 Å². The van der Waals surface area contributed by atoms with Gasteiger partial charge in [-0.3, -0.25) is 9.78 Å². The third kappa shape index (κ3) is 5.39. The van der Waals surface area contributed by atoms with E-state index < -0.39 is 0 Å². The number of morpholine rings is 1. The van der Waals surface area contributed by atoms with Crippen LogP contribution >= 0.6 is 0 Å². The van der Waals surface area contributed by atoms with Crippen molar-refractivity contribution < 1.29 is 14.3 Å². The number of urea groups is 1. The van der Waals surface area contributed by atoms with Gasteiger partial charge in [-0.25, -0.2) is 14.8 Å². The van der Waals surface area contributed by atoms with Crippen LogP contribution in [-0.4, -0.2) is 71.2 Å². The molecular formula is C27H31N7O3. The normalized spacial score (nSPS) is 15.2. The zero-order valence-electron chi connectivity index (χ0n) is 21.2. The Bertz CT molecular complexity index is 1290. The third-order valence-electron chi connectivity index (χ3n) is 6.62. The van der Waals surface area contributed by atoms with E-state index in [1.807, 2.05) is 49.1 Å². The molecule has 1 aromatic carbocycles. The number of carbonyl (C=O) groups is 2. The van der Waals surface area contributed by atoms with E-state index in [9.17, 15) is 9.59 Å². The summed E-state index contributed by atoms with van der Waals surface area (Å²) >= 11 is 0. The molecule has 2 aliphatic heterocycles. The van der Waals surface area contributed by atoms with Crippen molar-refractivity contribution in [3.63, 3.8) is 0 Å². The van der Waals surface area contributed by atoms with Gasteiger partial charge in [0.25, 0.3) is 5.91 Å². The minimum atomic E-state index is -0.247. The predicted octanol–water partition coefficient (Wildman–Crippen LogP) is 3.02. The summed E-state index contributed by atoms with van der Waals surface area (Å²) in [4.78, 5) is 43.5. The summed E-state index contributed by atoms with van der Waals surface area (Å²) in [5.74, 6) is 1.47. The highest BCUT2D eigenvalue weighted by Gasteiger charge is 2.29. The Morgan fingerprint density at radius 2 is 1.84 bits per heavy atom. The molecule has 0 atom stereocenters. The third-order valence-corrected chi connectivity index (χ3v) is 6.62. The molecule has 0 unspecified atom stereocenters. The first-order valence-corrected chi connectivity index (χ1v) is 12.6. The molecule has 3 aromatic rings. The van der Waals surface area contributed by atoms with Crippen molar-refractivity contribution >= 4 is 23.4 Å². The minimum absolute atomic E-state index is 0.0369. The van der Waals surface area contributed by atoms with Crippen LogP contribution in [0.5, 0.6) is 0 Å². The van der Waals surface area contributed by atoms with Crippen molar-refractivity contribution in [3.05, 3.63) is 65.1 Å². The number of anilines is 2. The zero-order valence-corrected chi connectivity index (χ0v) is 21.2. The van der Waals surface area contributed by atoms with Crippen LogP contribution in [0.25, 0.3) is 11.4 Å². The number of amides is 3. The van der Waals surface area contributed by atoms with Crippen molar-refractivity contribution in [1.29, 1.82) is 0 Å². The van der Waals surface area contributed by atoms with Crippen LogP contribution in [0.15, 0.2) is 42.6 Å². The monoisotopic (exact) mass is 501 g/mol. The van der Waals surface area contributed by atoms with Crippen molar-refractivity contribution in [2.24, 2.45) is 0 Å². The van der Waals surface area contributed by atoms with E-state index in [4.69, 9.17) is 14.7 Å². The number of aromatic nitrogens is 3. The van der Waals surface area contributed by atoms with Gasteiger partial charge in [-0.15, -0.1) is 0 Å². The van der Waals surface area contributed by atoms with Gasteiger partial charge in [-0.05, 0) is 56.7 Å². The second-order valence-electron chi connectivity index (χ2n) is 9.07. The SMILES string of the molecule is CCNC(=O)Nc1ccc(-c2nc3c(c(N4CCOCC4)n2)CCN(C(=O)c2cccnc2C)C3)cc1. The maximum absolute atomic E-state index is 13.3. The number of benzene rings is 1. The molecular weight excluding hydrogens is 470 g/mol. The van der Waals surface area contributed by atoms with E-state index in [1.165, 1.54) is 0 Å². The van der Waals surface area contributed by atoms with Crippen LogP contribution in [0, 0.1) is 6.92 Å². The molecule has 1 saturated heterocycles. The molecule has 2 N–H and O–H groups in total. The van der Waals surface area contributed by atoms with Gasteiger partial charge in [-0.1, -0.05) is 0 Å². The van der Waals surface area contributed by atoms with E-state index in [0.29, 0.717) is 56.3 Å². The molecule has 192 valence electrons. The first-order valence-electron chi connectivity index (χ1n) is 12.6. The topological polar surface area (TPSA) is 113 Å². The quantitative estimate of drug-likeness (QED) is 0.553. The Hall–Kier alpha value is -4.05. The van der Waals surface area contributed by atoms with Crippen molar-refractivity contribution in [1.82, 2.24) is 25.2 Å². The van der Waals surface area contributed by atoms with Crippen LogP contribution in [-0.2, 0) is 17.7 Å². The van der Waals surface area contributed by atoms with Crippen LogP contribution in [0.1, 0.15) is 34.2 Å². The molecule has 0 bridgehead atoms. The number of pyridine rings is 1. The average Bonchev–Trinajstić information content (AvgIpc) is 2.93. The maximum atomic E-state index is 13.3. The molecule has 10 heteroatoms. The van der Waals surface area contributed by atoms with E-state index in [0.717, 1.165) is 41.4 Å². The molecule has 0 aliphatic carbocycles. The fourth-order valence-electron chi connectivity index (χ4n) is 4.67. The number of aryl methyl sites for hydroxylation is 1. The van der Waals surface area contributed by atoms with Crippen molar-refractivity contribution in [3.8, 4) is 11.4 Å². The lowest BCUT2D eigenvalue weighted by atomic mass is 10.0. The van der Waals surface area contributed by atoms with Gasteiger partial charge in [0.15, 0.2) is 5.82 Å². The number of hydrogen-bond donors (Lipinski definition) is 2. The predicted molar refractivity (Wildman–Crippen MR) is 141 cm³/mol. The van der Waals surface area contributed by atoms with Crippen LogP contribution in [0.4, 0.5) is 16.3 Å². The summed E-state index contributed by atoms with van der Waals surface area (Å²) in [6.45, 7) is 8.11. The molecule has 5 rings (SSSR count). The molecule has 3 amide bonds. The molecule has 2 aliphatic rings. The second kappa shape index (κ2) is 10.9. The standard InChI is InChI=1S/C27H31N7O3/c1-3-28-27(36)30-20-8-6-19(7-9-20)24-31-23-17-34(26(35)21-5-4-11-29-18(21)2)12-10-22(23)25(32-24)33-13-15-37-16-14-33/h4-9,11H,3,10,12-17H2,1-2H3,(H2,28,30,36). The maximum Gasteiger partial charge on any atom is 0.319 e. The lowest BCUT2D eigenvalue weighted by Gasteiger charge is -2.34. The van der Waals surface area contributed by atoms with Crippen LogP contribution in [0.3, 0.4) is 0 Å². The smallest absolute Gasteiger partial charge is 0.319 e. The Kier molecular flexibility index (Phi) is 7.27. The molecule has 0 saturated carbocycles. The number of nitrogens with zero attached hydrogens (tertiary/aromatic N) is 5. The molecule has 0 spiro atoms. The van der Waals surface area contributed by atoms with Gasteiger partial charge in [0.2, 0.25) is 0 Å². The lowest BCUT2D eigenvalue weighted by Crippen LogP contribution is -2.41. The number of rotatable bonds is 5. The molecule has 0 radical (unpaired) electrons. The van der Waals surface area contributed by atoms with Crippen molar-refractivity contribution in [2.75, 3.05) is 49.6 Å². The Morgan fingerprint density at radius 1 is 1.05 bits per heavy atom. The number of fused-ring (bicyclic) bond motifs is 1. The van der Waals surface area contributed by atoms with Gasteiger partial charge < -0.3 is 25.2 Å². The largest absolute Gasteiger partial charge is 0.378 e. The average molecular weight is 502 g/mol. The summed E-state index contributed by atoms with van der Waals surface area (Å²) in [7, 11) is 0. The Labute approximate surface area is 216 Å². The second-order valence-corrected chi connectivity index (χ2v) is 9.07. The summed E-state index contributed by atoms with van der Waals surface area (Å²) in [5, 5.41) is 5.53. The summed E-state index contributed by atoms with van der Waals surface area (Å²) in [5.41, 5.74) is 4.81. The van der Waals surface area contributed by atoms with Gasteiger partial charge in [0.1, 0.15) is 5.82 Å². The zero-order chi connectivity index (χ0) is 25.8. The van der Waals surface area contributed by atoms with Crippen LogP contribution in [0.2, 0.25) is 0 Å². The van der Waals surface area contributed by atoms with E-state index >= 15 is 0 Å². The van der Waals surface area contributed by atoms with E-state index in [-0.39, 0.29) is 11.9 Å². The highest BCUT2D eigenvalue weighted by atomic mass is 16.5. The lowest BCUT2D eigenvalue weighted by molar-refractivity contribution is 0.0730. The fourth-order valence-corrected chi connectivity index (χ4v) is 4.67. The first-order chi connectivity index (χ1) is 18.0. The molecule has 4 heterocycles. The molecule has 37 heavy (non-hydrogen) atoms. The Balaban J connectivity index is 1.47. The van der Waals surface area contributed by atoms with Gasteiger partial charge >= 0.3 is 6.03 Å². The van der Waals surface area contributed by atoms with Gasteiger partial charge in [0, 0.05) is 54.9 Å². The number of nitrogens with one attached hydrogen (secondary N) is 2. The summed E-state index contributed by atoms with van der Waals surface area (Å²) in [6, 6.07) is 10.8. The molecule has 2 aromatic heterocycles. The fraction of sp³-hybridized carbons (Fsp3) is 0.370. The number of carbonyl (C=O) groups excluding carboxylic acids is 2. The highest BCUT2D eigenvalue weighted by Crippen LogP contribution is 2.31. The van der Waals surface area contributed by atoms with E-state index in [1.54, 1.807) is 12.3 Å². The number of hydrogen-bond acceptors (Lipinski definition) is 7. The summed E-state index contributed by atoms with van der Waals surface area (Å²) < 4.78 is 5.57. The van der Waals surface area contributed by atoms with Gasteiger partial charge in [-0.2, -0.15) is 0 Å². The van der Waals surface area contributed by atoms with Crippen molar-refractivity contribution in [2.45, 2.75) is 26.8 Å². The van der Waals surface area contributed by atoms with Gasteiger partial charge in [0.05, 0.1) is 31.0 Å². The summed E-state index contributed by atoms with van der Waals surface area (Å²) in [6.07, 6.45) is 2.38. The molecule has 1 fully saturated rings. The number of ether oxygens (including phenoxy) is 1.